The third-order valence-electron chi connectivity index (χ3n) is 2.58. The van der Waals surface area contributed by atoms with E-state index >= 15 is 0 Å². The van der Waals surface area contributed by atoms with Gasteiger partial charge in [-0.3, -0.25) is 10.2 Å². The Labute approximate surface area is 116 Å². The van der Waals surface area contributed by atoms with E-state index < -0.39 is 0 Å². The molecule has 1 aromatic carbocycles. The van der Waals surface area contributed by atoms with Gasteiger partial charge < -0.3 is 15.5 Å². The summed E-state index contributed by atoms with van der Waals surface area (Å²) in [5, 5.41) is 7.25. The Bertz CT molecular complexity index is 652. The summed E-state index contributed by atoms with van der Waals surface area (Å²) < 4.78 is 5.12. The fourth-order valence-corrected chi connectivity index (χ4v) is 1.64. The first-order chi connectivity index (χ1) is 8.61. The maximum atomic E-state index is 11.7. The molecule has 6 heteroatoms. The van der Waals surface area contributed by atoms with Crippen molar-refractivity contribution >= 4 is 18.2 Å². The van der Waals surface area contributed by atoms with Gasteiger partial charge in [0.1, 0.15) is 11.6 Å². The Morgan fingerprint density at radius 2 is 2.05 bits per heavy atom. The van der Waals surface area contributed by atoms with Crippen LogP contribution in [-0.2, 0) is 0 Å². The van der Waals surface area contributed by atoms with E-state index in [1.54, 1.807) is 13.2 Å². The summed E-state index contributed by atoms with van der Waals surface area (Å²) in [4.78, 5) is 14.4. The molecule has 4 N–H and O–H groups in total. The quantitative estimate of drug-likeness (QED) is 0.590. The largest absolute Gasteiger partial charge is 0.497 e. The van der Waals surface area contributed by atoms with Crippen molar-refractivity contribution in [1.82, 2.24) is 4.98 Å². The molecule has 0 aliphatic heterocycles. The van der Waals surface area contributed by atoms with E-state index in [0.717, 1.165) is 5.56 Å². The van der Waals surface area contributed by atoms with Crippen LogP contribution in [0, 0.1) is 5.41 Å². The number of aromatic amines is 1. The Kier molecular flexibility index (Phi) is 4.72. The molecule has 2 rings (SSSR count). The highest BCUT2D eigenvalue weighted by Crippen LogP contribution is 2.21. The molecule has 19 heavy (non-hydrogen) atoms. The van der Waals surface area contributed by atoms with Gasteiger partial charge >= 0.3 is 0 Å². The molecule has 0 saturated heterocycles. The SMILES string of the molecule is COc1cccc(-c2ccc(C(=N)N)c(=O)[nH]2)c1.Cl. The number of benzene rings is 1. The van der Waals surface area contributed by atoms with E-state index in [2.05, 4.69) is 4.98 Å². The Hall–Kier alpha value is -2.27. The summed E-state index contributed by atoms with van der Waals surface area (Å²) in [7, 11) is 1.58. The van der Waals surface area contributed by atoms with Crippen LogP contribution in [0.5, 0.6) is 5.75 Å². The lowest BCUT2D eigenvalue weighted by molar-refractivity contribution is 0.415. The van der Waals surface area contributed by atoms with Gasteiger partial charge in [0.25, 0.3) is 5.56 Å². The molecule has 0 fully saturated rings. The van der Waals surface area contributed by atoms with Crippen LogP contribution in [0.3, 0.4) is 0 Å². The molecule has 0 unspecified atom stereocenters. The predicted octanol–water partition coefficient (Wildman–Crippen LogP) is 1.76. The molecule has 1 aromatic heterocycles. The average Bonchev–Trinajstić information content (AvgIpc) is 2.38. The minimum absolute atomic E-state index is 0. The number of rotatable bonds is 3. The van der Waals surface area contributed by atoms with Crippen LogP contribution in [0.4, 0.5) is 0 Å². The minimum atomic E-state index is -0.372. The molecule has 0 aliphatic rings. The van der Waals surface area contributed by atoms with E-state index in [1.165, 1.54) is 6.07 Å². The minimum Gasteiger partial charge on any atom is -0.497 e. The number of hydrogen-bond donors (Lipinski definition) is 3. The van der Waals surface area contributed by atoms with Crippen LogP contribution in [0.15, 0.2) is 41.2 Å². The molecule has 5 nitrogen and oxygen atoms in total. The molecular weight excluding hydrogens is 266 g/mol. The Morgan fingerprint density at radius 1 is 1.32 bits per heavy atom. The van der Waals surface area contributed by atoms with Crippen LogP contribution < -0.4 is 16.0 Å². The second-order valence-electron chi connectivity index (χ2n) is 3.76. The number of methoxy groups -OCH3 is 1. The predicted molar refractivity (Wildman–Crippen MR) is 77.3 cm³/mol. The van der Waals surface area contributed by atoms with E-state index in [-0.39, 0.29) is 29.4 Å². The zero-order valence-electron chi connectivity index (χ0n) is 10.3. The number of nitrogen functional groups attached to an aromatic ring is 1. The molecule has 1 heterocycles. The van der Waals surface area contributed by atoms with E-state index in [0.29, 0.717) is 11.4 Å². The third-order valence-corrected chi connectivity index (χ3v) is 2.58. The van der Waals surface area contributed by atoms with Gasteiger partial charge in [-0.05, 0) is 24.3 Å². The summed E-state index contributed by atoms with van der Waals surface area (Å²) in [6, 6.07) is 10.6. The smallest absolute Gasteiger partial charge is 0.259 e. The van der Waals surface area contributed by atoms with Gasteiger partial charge in [-0.25, -0.2) is 0 Å². The summed E-state index contributed by atoms with van der Waals surface area (Å²) in [6.07, 6.45) is 0. The summed E-state index contributed by atoms with van der Waals surface area (Å²) >= 11 is 0. The highest BCUT2D eigenvalue weighted by Gasteiger charge is 2.05. The van der Waals surface area contributed by atoms with Gasteiger partial charge in [-0.1, -0.05) is 12.1 Å². The highest BCUT2D eigenvalue weighted by molar-refractivity contribution is 5.94. The monoisotopic (exact) mass is 279 g/mol. The van der Waals surface area contributed by atoms with E-state index in [4.69, 9.17) is 15.9 Å². The summed E-state index contributed by atoms with van der Waals surface area (Å²) in [6.45, 7) is 0. The first-order valence-corrected chi connectivity index (χ1v) is 5.34. The van der Waals surface area contributed by atoms with Gasteiger partial charge in [-0.2, -0.15) is 0 Å². The van der Waals surface area contributed by atoms with Crippen molar-refractivity contribution < 1.29 is 4.74 Å². The fraction of sp³-hybridized carbons (Fsp3) is 0.0769. The molecular formula is C13H14ClN3O2. The van der Waals surface area contributed by atoms with Crippen molar-refractivity contribution in [1.29, 1.82) is 5.41 Å². The molecule has 0 radical (unpaired) electrons. The number of nitrogens with one attached hydrogen (secondary N) is 2. The van der Waals surface area contributed by atoms with Crippen molar-refractivity contribution in [3.8, 4) is 17.0 Å². The normalized spacial score (nSPS) is 9.53. The Balaban J connectivity index is 0.00000180. The van der Waals surface area contributed by atoms with Crippen LogP contribution in [0.1, 0.15) is 5.56 Å². The number of hydrogen-bond acceptors (Lipinski definition) is 3. The van der Waals surface area contributed by atoms with Gasteiger partial charge in [0.15, 0.2) is 0 Å². The van der Waals surface area contributed by atoms with E-state index in [1.807, 2.05) is 24.3 Å². The number of nitrogens with two attached hydrogens (primary N) is 1. The van der Waals surface area contributed by atoms with Gasteiger partial charge in [0.2, 0.25) is 0 Å². The van der Waals surface area contributed by atoms with E-state index in [9.17, 15) is 4.79 Å². The molecule has 100 valence electrons. The van der Waals surface area contributed by atoms with Gasteiger partial charge in [-0.15, -0.1) is 12.4 Å². The van der Waals surface area contributed by atoms with Gasteiger partial charge in [0.05, 0.1) is 12.7 Å². The molecule has 0 amide bonds. The molecule has 0 spiro atoms. The second kappa shape index (κ2) is 6.06. The Morgan fingerprint density at radius 3 is 2.63 bits per heavy atom. The molecule has 0 bridgehead atoms. The number of H-pyrrole nitrogens is 1. The standard InChI is InChI=1S/C13H13N3O2.ClH/c1-18-9-4-2-3-8(7-9)11-6-5-10(12(14)15)13(17)16-11;/h2-7H,1H3,(H3,14,15)(H,16,17);1H. The van der Waals surface area contributed by atoms with Crippen LogP contribution in [0.2, 0.25) is 0 Å². The lowest BCUT2D eigenvalue weighted by Crippen LogP contribution is -2.23. The molecule has 0 aliphatic carbocycles. The summed E-state index contributed by atoms with van der Waals surface area (Å²) in [5.41, 5.74) is 6.58. The average molecular weight is 280 g/mol. The van der Waals surface area contributed by atoms with Crippen molar-refractivity contribution in [3.63, 3.8) is 0 Å². The first kappa shape index (κ1) is 14.8. The highest BCUT2D eigenvalue weighted by atomic mass is 35.5. The van der Waals surface area contributed by atoms with Crippen molar-refractivity contribution in [2.75, 3.05) is 7.11 Å². The number of aromatic nitrogens is 1. The van der Waals surface area contributed by atoms with Crippen LogP contribution in [-0.4, -0.2) is 17.9 Å². The lowest BCUT2D eigenvalue weighted by atomic mass is 10.1. The molecule has 0 saturated carbocycles. The zero-order valence-corrected chi connectivity index (χ0v) is 11.1. The number of amidine groups is 1. The van der Waals surface area contributed by atoms with Crippen LogP contribution >= 0.6 is 12.4 Å². The topological polar surface area (TPSA) is 92.0 Å². The van der Waals surface area contributed by atoms with Gasteiger partial charge in [0, 0.05) is 11.3 Å². The number of pyridine rings is 1. The molecule has 0 atom stereocenters. The molecule has 2 aromatic rings. The lowest BCUT2D eigenvalue weighted by Gasteiger charge is -2.05. The maximum Gasteiger partial charge on any atom is 0.259 e. The van der Waals surface area contributed by atoms with Crippen molar-refractivity contribution in [3.05, 3.63) is 52.3 Å². The summed E-state index contributed by atoms with van der Waals surface area (Å²) in [5.74, 6) is 0.470. The van der Waals surface area contributed by atoms with Crippen LogP contribution in [0.25, 0.3) is 11.3 Å². The zero-order chi connectivity index (χ0) is 13.1. The number of ether oxygens (including phenoxy) is 1. The maximum absolute atomic E-state index is 11.7. The fourth-order valence-electron chi connectivity index (χ4n) is 1.64. The van der Waals surface area contributed by atoms with Crippen molar-refractivity contribution in [2.24, 2.45) is 5.73 Å². The third kappa shape index (κ3) is 3.14. The first-order valence-electron chi connectivity index (χ1n) is 5.34. The number of halogens is 1. The van der Waals surface area contributed by atoms with Crippen molar-refractivity contribution in [2.45, 2.75) is 0 Å². The second-order valence-corrected chi connectivity index (χ2v) is 3.76.